The number of aliphatic hydroxyl groups excluding tert-OH is 1. The predicted octanol–water partition coefficient (Wildman–Crippen LogP) is 3.88. The number of hydrogen-bond donors (Lipinski definition) is 3. The van der Waals surface area contributed by atoms with Gasteiger partial charge in [-0.2, -0.15) is 0 Å². The lowest BCUT2D eigenvalue weighted by Crippen LogP contribution is -2.30. The van der Waals surface area contributed by atoms with E-state index in [9.17, 15) is 5.11 Å². The number of nitrogens with two attached hydrogens (primary N) is 1. The van der Waals surface area contributed by atoms with Crippen LogP contribution in [0.5, 0.6) is 5.75 Å². The summed E-state index contributed by atoms with van der Waals surface area (Å²) in [5, 5.41) is 12.5. The molecule has 1 aliphatic carbocycles. The highest BCUT2D eigenvalue weighted by Crippen LogP contribution is 2.40. The Hall–Kier alpha value is -3.09. The average Bonchev–Trinajstić information content (AvgIpc) is 3.12. The van der Waals surface area contributed by atoms with Crippen molar-refractivity contribution in [2.45, 2.75) is 44.6 Å². The zero-order valence-corrected chi connectivity index (χ0v) is 16.8. The summed E-state index contributed by atoms with van der Waals surface area (Å²) in [6.45, 7) is 0.469. The Morgan fingerprint density at radius 2 is 1.97 bits per heavy atom. The van der Waals surface area contributed by atoms with Gasteiger partial charge in [-0.15, -0.1) is 0 Å². The van der Waals surface area contributed by atoms with E-state index in [-0.39, 0.29) is 12.8 Å². The molecule has 0 bridgehead atoms. The molecule has 1 aliphatic heterocycles. The lowest BCUT2D eigenvalue weighted by atomic mass is 9.85. The van der Waals surface area contributed by atoms with Gasteiger partial charge in [-0.1, -0.05) is 42.8 Å². The lowest BCUT2D eigenvalue weighted by molar-refractivity contribution is 0.280. The molecular weight excluding hydrogens is 376 g/mol. The first-order valence-corrected chi connectivity index (χ1v) is 10.4. The Bertz CT molecular complexity index is 1080. The first-order chi connectivity index (χ1) is 14.7. The molecule has 1 aromatic heterocycles. The summed E-state index contributed by atoms with van der Waals surface area (Å²) in [5.74, 6) is 2.39. The molecule has 1 saturated carbocycles. The fraction of sp³-hybridized carbons (Fsp3) is 0.292. The van der Waals surface area contributed by atoms with E-state index in [1.807, 2.05) is 54.9 Å². The fourth-order valence-corrected chi connectivity index (χ4v) is 4.10. The Balaban J connectivity index is 1.44. The van der Waals surface area contributed by atoms with E-state index < -0.39 is 0 Å². The van der Waals surface area contributed by atoms with Crippen molar-refractivity contribution in [3.8, 4) is 17.0 Å². The highest BCUT2D eigenvalue weighted by atomic mass is 16.5. The Morgan fingerprint density at radius 3 is 2.77 bits per heavy atom. The molecule has 3 aromatic rings. The zero-order chi connectivity index (χ0) is 20.5. The van der Waals surface area contributed by atoms with Crippen LogP contribution in [0.2, 0.25) is 0 Å². The number of imidazole rings is 1. The van der Waals surface area contributed by atoms with E-state index in [4.69, 9.17) is 15.5 Å². The third-order valence-electron chi connectivity index (χ3n) is 5.93. The van der Waals surface area contributed by atoms with Gasteiger partial charge in [0.15, 0.2) is 0 Å². The fourth-order valence-electron chi connectivity index (χ4n) is 4.10. The van der Waals surface area contributed by atoms with Gasteiger partial charge < -0.3 is 25.5 Å². The normalized spacial score (nSPS) is 17.9. The van der Waals surface area contributed by atoms with Crippen LogP contribution in [0.15, 0.2) is 54.7 Å². The minimum absolute atomic E-state index is 0.0286. The van der Waals surface area contributed by atoms with Crippen LogP contribution in [-0.4, -0.2) is 14.7 Å². The van der Waals surface area contributed by atoms with E-state index in [1.165, 1.54) is 19.3 Å². The number of ether oxygens (including phenoxy) is 1. The number of nitrogens with zero attached hydrogens (tertiary/aromatic N) is 2. The van der Waals surface area contributed by atoms with Gasteiger partial charge in [0, 0.05) is 23.9 Å². The monoisotopic (exact) mass is 402 g/mol. The van der Waals surface area contributed by atoms with E-state index in [0.29, 0.717) is 12.5 Å². The first kappa shape index (κ1) is 18.9. The van der Waals surface area contributed by atoms with Crippen LogP contribution < -0.4 is 15.8 Å². The molecule has 1 unspecified atom stereocenters. The summed E-state index contributed by atoms with van der Waals surface area (Å²) in [6, 6.07) is 15.8. The molecule has 0 radical (unpaired) electrons. The number of aliphatic hydroxyl groups is 1. The van der Waals surface area contributed by atoms with Crippen LogP contribution in [0.3, 0.4) is 0 Å². The minimum Gasteiger partial charge on any atom is -0.489 e. The van der Waals surface area contributed by atoms with Crippen LogP contribution in [0, 0.1) is 0 Å². The largest absolute Gasteiger partial charge is 0.489 e. The summed E-state index contributed by atoms with van der Waals surface area (Å²) in [5.41, 5.74) is 11.2. The van der Waals surface area contributed by atoms with Gasteiger partial charge in [0.25, 0.3) is 0 Å². The molecule has 1 fully saturated rings. The molecular formula is C24H26N4O2. The second kappa shape index (κ2) is 7.97. The van der Waals surface area contributed by atoms with Crippen LogP contribution in [-0.2, 0) is 13.2 Å². The van der Waals surface area contributed by atoms with Gasteiger partial charge in [-0.05, 0) is 36.1 Å². The summed E-state index contributed by atoms with van der Waals surface area (Å²) in [6.07, 6.45) is 7.25. The molecule has 30 heavy (non-hydrogen) atoms. The molecule has 2 aliphatic rings. The van der Waals surface area contributed by atoms with Crippen LogP contribution in [0.25, 0.3) is 17.5 Å². The SMILES string of the molecule is NC1NC=Cn2c(C3CCC3)nc(-c3cccc(OCc4cccc(CO)c4)c3)c21. The molecule has 5 rings (SSSR count). The minimum atomic E-state index is -0.294. The number of benzene rings is 2. The highest BCUT2D eigenvalue weighted by molar-refractivity contribution is 5.67. The smallest absolute Gasteiger partial charge is 0.120 e. The number of hydrogen-bond acceptors (Lipinski definition) is 5. The van der Waals surface area contributed by atoms with Crippen LogP contribution in [0.4, 0.5) is 0 Å². The average molecular weight is 402 g/mol. The van der Waals surface area contributed by atoms with Crippen molar-refractivity contribution in [3.05, 3.63) is 77.4 Å². The molecule has 0 spiro atoms. The van der Waals surface area contributed by atoms with Crippen molar-refractivity contribution in [3.63, 3.8) is 0 Å². The van der Waals surface area contributed by atoms with Crippen LogP contribution in [0.1, 0.15) is 54.0 Å². The van der Waals surface area contributed by atoms with Crippen molar-refractivity contribution in [1.82, 2.24) is 14.9 Å². The standard InChI is InChI=1S/C24H26N4O2/c25-23-22-21(27-24(18-6-2-7-18)28(22)11-10-26-23)19-8-3-9-20(13-19)30-15-17-5-1-4-16(12-17)14-29/h1,3-5,8-13,18,23,26,29H,2,6-7,14-15,25H2. The third-order valence-corrected chi connectivity index (χ3v) is 5.93. The van der Waals surface area contributed by atoms with E-state index in [0.717, 1.165) is 39.7 Å². The number of nitrogens with one attached hydrogen (secondary N) is 1. The molecule has 6 heteroatoms. The van der Waals surface area contributed by atoms with E-state index in [2.05, 4.69) is 16.0 Å². The summed E-state index contributed by atoms with van der Waals surface area (Å²) in [7, 11) is 0. The number of rotatable bonds is 6. The molecule has 0 saturated heterocycles. The summed E-state index contributed by atoms with van der Waals surface area (Å²) < 4.78 is 8.20. The molecule has 1 atom stereocenters. The quantitative estimate of drug-likeness (QED) is 0.583. The molecule has 2 heterocycles. The summed E-state index contributed by atoms with van der Waals surface area (Å²) >= 11 is 0. The Kier molecular flexibility index (Phi) is 5.02. The zero-order valence-electron chi connectivity index (χ0n) is 16.8. The number of aromatic nitrogens is 2. The molecule has 154 valence electrons. The third kappa shape index (κ3) is 3.49. The van der Waals surface area contributed by atoms with Crippen molar-refractivity contribution in [1.29, 1.82) is 0 Å². The second-order valence-electron chi connectivity index (χ2n) is 7.96. The van der Waals surface area contributed by atoms with Crippen molar-refractivity contribution in [2.75, 3.05) is 0 Å². The topological polar surface area (TPSA) is 85.3 Å². The van der Waals surface area contributed by atoms with Gasteiger partial charge >= 0.3 is 0 Å². The maximum absolute atomic E-state index is 9.32. The highest BCUT2D eigenvalue weighted by Gasteiger charge is 2.30. The maximum atomic E-state index is 9.32. The summed E-state index contributed by atoms with van der Waals surface area (Å²) in [4.78, 5) is 5.02. The molecule has 0 amide bonds. The van der Waals surface area contributed by atoms with Crippen LogP contribution >= 0.6 is 0 Å². The first-order valence-electron chi connectivity index (χ1n) is 10.4. The Labute approximate surface area is 176 Å². The van der Waals surface area contributed by atoms with Gasteiger partial charge in [0.2, 0.25) is 0 Å². The van der Waals surface area contributed by atoms with Gasteiger partial charge in [-0.25, -0.2) is 4.98 Å². The molecule has 4 N–H and O–H groups in total. The van der Waals surface area contributed by atoms with Gasteiger partial charge in [-0.3, -0.25) is 0 Å². The van der Waals surface area contributed by atoms with Gasteiger partial charge in [0.05, 0.1) is 18.0 Å². The van der Waals surface area contributed by atoms with Crippen molar-refractivity contribution >= 4 is 6.20 Å². The lowest BCUT2D eigenvalue weighted by Gasteiger charge is -2.27. The molecule has 2 aromatic carbocycles. The molecule has 6 nitrogen and oxygen atoms in total. The maximum Gasteiger partial charge on any atom is 0.120 e. The van der Waals surface area contributed by atoms with E-state index in [1.54, 1.807) is 0 Å². The predicted molar refractivity (Wildman–Crippen MR) is 116 cm³/mol. The Morgan fingerprint density at radius 1 is 1.13 bits per heavy atom. The van der Waals surface area contributed by atoms with E-state index >= 15 is 0 Å². The van der Waals surface area contributed by atoms with Crippen molar-refractivity contribution < 1.29 is 9.84 Å². The number of fused-ring (bicyclic) bond motifs is 1. The van der Waals surface area contributed by atoms with Gasteiger partial charge in [0.1, 0.15) is 24.3 Å². The van der Waals surface area contributed by atoms with Crippen molar-refractivity contribution in [2.24, 2.45) is 5.73 Å². The second-order valence-corrected chi connectivity index (χ2v) is 7.96.